The van der Waals surface area contributed by atoms with Crippen LogP contribution in [0.15, 0.2) is 0 Å². The first-order valence-corrected chi connectivity index (χ1v) is 11.7. The van der Waals surface area contributed by atoms with Crippen LogP contribution in [0.1, 0.15) is 80.1 Å². The largest absolute Gasteiger partial charge is 0.462 e. The molecule has 1 amide bonds. The van der Waals surface area contributed by atoms with Gasteiger partial charge in [0.15, 0.2) is 6.04 Å². The number of amides is 1. The SMILES string of the molecule is CCOC(=O)c1c(NC(=O)[C@@H](C)[NH+](C)C2CCCCC2)sc2c1CC[C@@H](C)C2. The molecule has 2 aliphatic rings. The van der Waals surface area contributed by atoms with E-state index in [1.165, 1.54) is 41.9 Å². The van der Waals surface area contributed by atoms with Gasteiger partial charge in [-0.05, 0) is 70.3 Å². The minimum absolute atomic E-state index is 0.000248. The van der Waals surface area contributed by atoms with Crippen LogP contribution in [-0.2, 0) is 22.4 Å². The fraction of sp³-hybridized carbons (Fsp3) is 0.727. The molecule has 0 radical (unpaired) electrons. The molecule has 1 fully saturated rings. The van der Waals surface area contributed by atoms with E-state index in [1.807, 2.05) is 13.8 Å². The van der Waals surface area contributed by atoms with Gasteiger partial charge in [-0.2, -0.15) is 0 Å². The van der Waals surface area contributed by atoms with Crippen molar-refractivity contribution < 1.29 is 19.2 Å². The summed E-state index contributed by atoms with van der Waals surface area (Å²) in [6.07, 6.45) is 9.18. The van der Waals surface area contributed by atoms with Crippen LogP contribution in [0.25, 0.3) is 0 Å². The second-order valence-electron chi connectivity index (χ2n) is 8.57. The summed E-state index contributed by atoms with van der Waals surface area (Å²) < 4.78 is 5.32. The van der Waals surface area contributed by atoms with Crippen molar-refractivity contribution in [2.45, 2.75) is 84.2 Å². The Bertz CT molecular complexity index is 709. The maximum absolute atomic E-state index is 13.0. The number of nitrogens with one attached hydrogen (secondary N) is 2. The van der Waals surface area contributed by atoms with Crippen LogP contribution >= 0.6 is 11.3 Å². The number of hydrogen-bond donors (Lipinski definition) is 2. The van der Waals surface area contributed by atoms with Gasteiger partial charge in [0, 0.05) is 4.88 Å². The minimum atomic E-state index is -0.300. The molecule has 0 aliphatic heterocycles. The van der Waals surface area contributed by atoms with Crippen molar-refractivity contribution in [3.05, 3.63) is 16.0 Å². The zero-order valence-electron chi connectivity index (χ0n) is 17.7. The average Bonchev–Trinajstić information content (AvgIpc) is 3.04. The summed E-state index contributed by atoms with van der Waals surface area (Å²) in [6.45, 7) is 6.41. The van der Waals surface area contributed by atoms with Crippen molar-refractivity contribution in [1.82, 2.24) is 0 Å². The summed E-state index contributed by atoms with van der Waals surface area (Å²) in [5, 5.41) is 3.79. The van der Waals surface area contributed by atoms with Gasteiger partial charge in [-0.1, -0.05) is 13.3 Å². The smallest absolute Gasteiger partial charge is 0.341 e. The Morgan fingerprint density at radius 2 is 1.96 bits per heavy atom. The third kappa shape index (κ3) is 4.60. The molecular weight excluding hydrogens is 372 g/mol. The number of quaternary nitrogens is 1. The fourth-order valence-electron chi connectivity index (χ4n) is 4.60. The topological polar surface area (TPSA) is 59.8 Å². The van der Waals surface area contributed by atoms with E-state index < -0.39 is 0 Å². The van der Waals surface area contributed by atoms with Crippen molar-refractivity contribution in [2.75, 3.05) is 19.0 Å². The molecule has 1 heterocycles. The van der Waals surface area contributed by atoms with Crippen molar-refractivity contribution in [1.29, 1.82) is 0 Å². The van der Waals surface area contributed by atoms with Gasteiger partial charge in [-0.25, -0.2) is 4.79 Å². The van der Waals surface area contributed by atoms with E-state index >= 15 is 0 Å². The molecule has 1 aromatic heterocycles. The lowest BCUT2D eigenvalue weighted by atomic mass is 9.88. The molecule has 1 aromatic rings. The summed E-state index contributed by atoms with van der Waals surface area (Å²) in [6, 6.07) is 0.410. The lowest BCUT2D eigenvalue weighted by Crippen LogP contribution is -3.17. The van der Waals surface area contributed by atoms with Gasteiger partial charge in [-0.15, -0.1) is 11.3 Å². The Morgan fingerprint density at radius 3 is 2.64 bits per heavy atom. The molecule has 0 aromatic carbocycles. The molecule has 1 unspecified atom stereocenters. The van der Waals surface area contributed by atoms with E-state index in [0.29, 0.717) is 29.1 Å². The minimum Gasteiger partial charge on any atom is -0.462 e. The van der Waals surface area contributed by atoms with Gasteiger partial charge in [0.1, 0.15) is 5.00 Å². The molecule has 1 saturated carbocycles. The summed E-state index contributed by atoms with van der Waals surface area (Å²) >= 11 is 1.57. The molecule has 0 spiro atoms. The van der Waals surface area contributed by atoms with E-state index in [4.69, 9.17) is 4.74 Å². The number of esters is 1. The van der Waals surface area contributed by atoms with Gasteiger partial charge >= 0.3 is 5.97 Å². The monoisotopic (exact) mass is 407 g/mol. The predicted octanol–water partition coefficient (Wildman–Crippen LogP) is 3.22. The zero-order valence-corrected chi connectivity index (χ0v) is 18.5. The summed E-state index contributed by atoms with van der Waals surface area (Å²) in [4.78, 5) is 28.2. The zero-order chi connectivity index (χ0) is 20.3. The second-order valence-corrected chi connectivity index (χ2v) is 9.67. The number of likely N-dealkylation sites (N-methyl/N-ethyl adjacent to an activating group) is 1. The van der Waals surface area contributed by atoms with E-state index in [-0.39, 0.29) is 17.9 Å². The van der Waals surface area contributed by atoms with E-state index in [2.05, 4.69) is 19.3 Å². The standard InChI is InChI=1S/C22H34N2O3S/c1-5-27-22(26)19-17-12-11-14(2)13-18(17)28-21(19)23-20(25)15(3)24(4)16-9-7-6-8-10-16/h14-16H,5-13H2,1-4H3,(H,23,25)/p+1/t14-,15-/m1/s1. The lowest BCUT2D eigenvalue weighted by molar-refractivity contribution is -0.921. The molecule has 2 aliphatic carbocycles. The Labute approximate surface area is 172 Å². The van der Waals surface area contributed by atoms with Crippen LogP contribution in [-0.4, -0.2) is 37.6 Å². The third-order valence-corrected chi connectivity index (χ3v) is 7.72. The summed E-state index contributed by atoms with van der Waals surface area (Å²) in [5.74, 6) is 0.316. The van der Waals surface area contributed by atoms with Gasteiger partial charge in [-0.3, -0.25) is 4.79 Å². The average molecular weight is 408 g/mol. The first-order valence-electron chi connectivity index (χ1n) is 10.9. The fourth-order valence-corrected chi connectivity index (χ4v) is 6.00. The molecule has 0 saturated heterocycles. The summed E-state index contributed by atoms with van der Waals surface area (Å²) in [5.41, 5.74) is 1.70. The van der Waals surface area contributed by atoms with Crippen molar-refractivity contribution in [3.63, 3.8) is 0 Å². The number of anilines is 1. The maximum atomic E-state index is 13.0. The highest BCUT2D eigenvalue weighted by Crippen LogP contribution is 2.40. The van der Waals surface area contributed by atoms with Gasteiger partial charge in [0.2, 0.25) is 0 Å². The van der Waals surface area contributed by atoms with Crippen LogP contribution in [0.5, 0.6) is 0 Å². The number of carbonyl (C=O) groups excluding carboxylic acids is 2. The molecule has 156 valence electrons. The number of fused-ring (bicyclic) bond motifs is 1. The molecular formula is C22H35N2O3S+. The molecule has 3 atom stereocenters. The Morgan fingerprint density at radius 1 is 1.25 bits per heavy atom. The number of thiophene rings is 1. The number of ether oxygens (including phenoxy) is 1. The number of rotatable bonds is 6. The predicted molar refractivity (Wildman–Crippen MR) is 113 cm³/mol. The molecule has 2 N–H and O–H groups in total. The lowest BCUT2D eigenvalue weighted by Gasteiger charge is -2.31. The number of hydrogen-bond acceptors (Lipinski definition) is 4. The summed E-state index contributed by atoms with van der Waals surface area (Å²) in [7, 11) is 2.13. The van der Waals surface area contributed by atoms with E-state index in [0.717, 1.165) is 24.8 Å². The molecule has 5 nitrogen and oxygen atoms in total. The Kier molecular flexibility index (Phi) is 7.15. The first kappa shape index (κ1) is 21.3. The van der Waals surface area contributed by atoms with Gasteiger partial charge in [0.05, 0.1) is 25.3 Å². The maximum Gasteiger partial charge on any atom is 0.341 e. The number of carbonyl (C=O) groups is 2. The second kappa shape index (κ2) is 9.40. The van der Waals surface area contributed by atoms with E-state index in [1.54, 1.807) is 11.3 Å². The molecule has 6 heteroatoms. The van der Waals surface area contributed by atoms with Crippen molar-refractivity contribution >= 4 is 28.2 Å². The van der Waals surface area contributed by atoms with Crippen LogP contribution in [0.2, 0.25) is 0 Å². The van der Waals surface area contributed by atoms with Crippen molar-refractivity contribution in [3.8, 4) is 0 Å². The normalized spacial score (nSPS) is 22.2. The first-order chi connectivity index (χ1) is 13.4. The van der Waals surface area contributed by atoms with Crippen LogP contribution in [0.4, 0.5) is 5.00 Å². The Balaban J connectivity index is 1.78. The van der Waals surface area contributed by atoms with Crippen LogP contribution in [0, 0.1) is 5.92 Å². The molecule has 28 heavy (non-hydrogen) atoms. The van der Waals surface area contributed by atoms with Crippen LogP contribution < -0.4 is 10.2 Å². The molecule has 3 rings (SSSR count). The van der Waals surface area contributed by atoms with E-state index in [9.17, 15) is 9.59 Å². The highest BCUT2D eigenvalue weighted by atomic mass is 32.1. The van der Waals surface area contributed by atoms with Crippen LogP contribution in [0.3, 0.4) is 0 Å². The highest BCUT2D eigenvalue weighted by Gasteiger charge is 2.33. The third-order valence-electron chi connectivity index (χ3n) is 6.55. The van der Waals surface area contributed by atoms with Crippen molar-refractivity contribution in [2.24, 2.45) is 5.92 Å². The van der Waals surface area contributed by atoms with Gasteiger partial charge < -0.3 is 15.0 Å². The highest BCUT2D eigenvalue weighted by molar-refractivity contribution is 7.17. The quantitative estimate of drug-likeness (QED) is 0.712. The molecule has 0 bridgehead atoms. The Hall–Kier alpha value is -1.40. The van der Waals surface area contributed by atoms with Gasteiger partial charge in [0.25, 0.3) is 5.91 Å².